The maximum Gasteiger partial charge on any atom is 0.215 e. The van der Waals surface area contributed by atoms with E-state index >= 15 is 0 Å². The molecule has 0 aliphatic carbocycles. The monoisotopic (exact) mass is 343 g/mol. The average Bonchev–Trinajstić information content (AvgIpc) is 2.97. The van der Waals surface area contributed by atoms with E-state index in [4.69, 9.17) is 22.3 Å². The van der Waals surface area contributed by atoms with Gasteiger partial charge in [-0.2, -0.15) is 0 Å². The highest BCUT2D eigenvalue weighted by Crippen LogP contribution is 2.41. The molecule has 0 saturated heterocycles. The molecule has 0 aliphatic heterocycles. The van der Waals surface area contributed by atoms with Crippen molar-refractivity contribution in [1.82, 2.24) is 4.98 Å². The topological polar surface area (TPSA) is 78.1 Å². The molecule has 4 rings (SSSR count). The second kappa shape index (κ2) is 5.94. The minimum Gasteiger partial charge on any atom is -0.436 e. The van der Waals surface area contributed by atoms with E-state index in [1.807, 2.05) is 30.3 Å². The van der Waals surface area contributed by atoms with Crippen LogP contribution in [-0.4, -0.2) is 4.98 Å². The predicted octanol–water partition coefficient (Wildman–Crippen LogP) is 4.45. The summed E-state index contributed by atoms with van der Waals surface area (Å²) in [5.41, 5.74) is 15.9. The molecule has 0 bridgehead atoms. The summed E-state index contributed by atoms with van der Waals surface area (Å²) >= 11 is 0. The molecule has 0 radical (unpaired) electrons. The van der Waals surface area contributed by atoms with E-state index in [0.29, 0.717) is 33.5 Å². The van der Waals surface area contributed by atoms with Crippen LogP contribution < -0.4 is 11.5 Å². The molecule has 4 aromatic rings. The molecular formula is C21H14FN3O. The maximum atomic E-state index is 13.7. The SMILES string of the molecule is C#Cc1cc(-c2cnc(-c3ccccc3)c3oc(N)c(N)c23)ccc1F. The highest BCUT2D eigenvalue weighted by molar-refractivity contribution is 6.09. The van der Waals surface area contributed by atoms with Gasteiger partial charge in [0, 0.05) is 17.3 Å². The third kappa shape index (κ3) is 2.36. The zero-order valence-electron chi connectivity index (χ0n) is 13.7. The average molecular weight is 343 g/mol. The Morgan fingerprint density at radius 3 is 2.54 bits per heavy atom. The highest BCUT2D eigenvalue weighted by atomic mass is 19.1. The summed E-state index contributed by atoms with van der Waals surface area (Å²) in [6.45, 7) is 0. The summed E-state index contributed by atoms with van der Waals surface area (Å²) in [5.74, 6) is 1.99. The largest absolute Gasteiger partial charge is 0.436 e. The first-order valence-electron chi connectivity index (χ1n) is 7.88. The maximum absolute atomic E-state index is 13.7. The molecule has 126 valence electrons. The lowest BCUT2D eigenvalue weighted by atomic mass is 9.99. The van der Waals surface area contributed by atoms with Crippen molar-refractivity contribution >= 4 is 22.5 Å². The van der Waals surface area contributed by atoms with Crippen LogP contribution in [0.1, 0.15) is 5.56 Å². The predicted molar refractivity (Wildman–Crippen MR) is 102 cm³/mol. The zero-order valence-corrected chi connectivity index (χ0v) is 13.7. The van der Waals surface area contributed by atoms with E-state index in [2.05, 4.69) is 10.9 Å². The van der Waals surface area contributed by atoms with Gasteiger partial charge in [-0.3, -0.25) is 4.98 Å². The molecule has 0 spiro atoms. The first-order valence-corrected chi connectivity index (χ1v) is 7.88. The Balaban J connectivity index is 2.03. The Labute approximate surface area is 149 Å². The lowest BCUT2D eigenvalue weighted by Crippen LogP contribution is -1.93. The van der Waals surface area contributed by atoms with Crippen LogP contribution in [-0.2, 0) is 0 Å². The fourth-order valence-corrected chi connectivity index (χ4v) is 2.97. The summed E-state index contributed by atoms with van der Waals surface area (Å²) in [6.07, 6.45) is 7.05. The van der Waals surface area contributed by atoms with Gasteiger partial charge in [-0.15, -0.1) is 6.42 Å². The number of fused-ring (bicyclic) bond motifs is 1. The van der Waals surface area contributed by atoms with Crippen LogP contribution in [0.2, 0.25) is 0 Å². The number of anilines is 2. The minimum absolute atomic E-state index is 0.116. The summed E-state index contributed by atoms with van der Waals surface area (Å²) < 4.78 is 19.4. The van der Waals surface area contributed by atoms with Gasteiger partial charge in [-0.25, -0.2) is 4.39 Å². The number of hydrogen-bond donors (Lipinski definition) is 2. The van der Waals surface area contributed by atoms with E-state index < -0.39 is 5.82 Å². The Morgan fingerprint density at radius 2 is 1.81 bits per heavy atom. The van der Waals surface area contributed by atoms with Crippen molar-refractivity contribution in [3.05, 3.63) is 66.1 Å². The van der Waals surface area contributed by atoms with Crippen LogP contribution in [0.25, 0.3) is 33.4 Å². The molecule has 0 saturated carbocycles. The molecule has 0 unspecified atom stereocenters. The third-order valence-electron chi connectivity index (χ3n) is 4.26. The van der Waals surface area contributed by atoms with Crippen molar-refractivity contribution in [2.45, 2.75) is 0 Å². The number of furan rings is 1. The Bertz CT molecular complexity index is 1170. The summed E-state index contributed by atoms with van der Waals surface area (Å²) in [7, 11) is 0. The lowest BCUT2D eigenvalue weighted by molar-refractivity contribution is 0.624. The second-order valence-electron chi connectivity index (χ2n) is 5.81. The van der Waals surface area contributed by atoms with Crippen LogP contribution in [0.4, 0.5) is 16.0 Å². The fourth-order valence-electron chi connectivity index (χ4n) is 2.97. The van der Waals surface area contributed by atoms with Gasteiger partial charge in [0.1, 0.15) is 17.2 Å². The molecule has 4 nitrogen and oxygen atoms in total. The fraction of sp³-hybridized carbons (Fsp3) is 0. The Kier molecular flexibility index (Phi) is 3.59. The summed E-state index contributed by atoms with van der Waals surface area (Å²) in [5, 5.41) is 0.630. The van der Waals surface area contributed by atoms with Crippen LogP contribution >= 0.6 is 0 Å². The number of nitrogens with zero attached hydrogens (tertiary/aromatic N) is 1. The number of nitrogen functional groups attached to an aromatic ring is 2. The number of pyridine rings is 1. The van der Waals surface area contributed by atoms with Gasteiger partial charge in [-0.05, 0) is 17.7 Å². The van der Waals surface area contributed by atoms with Crippen LogP contribution in [0, 0.1) is 18.2 Å². The summed E-state index contributed by atoms with van der Waals surface area (Å²) in [6, 6.07) is 14.1. The third-order valence-corrected chi connectivity index (χ3v) is 4.26. The van der Waals surface area contributed by atoms with Gasteiger partial charge in [-0.1, -0.05) is 42.3 Å². The van der Waals surface area contributed by atoms with Crippen molar-refractivity contribution < 1.29 is 8.81 Å². The molecule has 0 atom stereocenters. The molecule has 0 fully saturated rings. The molecule has 26 heavy (non-hydrogen) atoms. The molecule has 2 heterocycles. The van der Waals surface area contributed by atoms with Crippen LogP contribution in [0.15, 0.2) is 59.1 Å². The Hall–Kier alpha value is -3.78. The first kappa shape index (κ1) is 15.7. The molecule has 0 amide bonds. The van der Waals surface area contributed by atoms with Crippen molar-refractivity contribution in [1.29, 1.82) is 0 Å². The molecule has 2 aromatic heterocycles. The van der Waals surface area contributed by atoms with Crippen molar-refractivity contribution in [2.24, 2.45) is 0 Å². The van der Waals surface area contributed by atoms with E-state index in [1.54, 1.807) is 18.3 Å². The molecule has 0 aliphatic rings. The van der Waals surface area contributed by atoms with Gasteiger partial charge in [0.15, 0.2) is 5.58 Å². The minimum atomic E-state index is -0.457. The number of terminal acetylenes is 1. The smallest absolute Gasteiger partial charge is 0.215 e. The molecule has 2 aromatic carbocycles. The number of nitrogens with two attached hydrogens (primary N) is 2. The normalized spacial score (nSPS) is 10.8. The van der Waals surface area contributed by atoms with E-state index in [-0.39, 0.29) is 11.4 Å². The number of rotatable bonds is 2. The van der Waals surface area contributed by atoms with Crippen LogP contribution in [0.5, 0.6) is 0 Å². The highest BCUT2D eigenvalue weighted by Gasteiger charge is 2.20. The lowest BCUT2D eigenvalue weighted by Gasteiger charge is -2.08. The van der Waals surface area contributed by atoms with E-state index in [1.165, 1.54) is 6.07 Å². The number of halogens is 1. The Morgan fingerprint density at radius 1 is 1.04 bits per heavy atom. The quantitative estimate of drug-likeness (QED) is 0.527. The van der Waals surface area contributed by atoms with Crippen molar-refractivity contribution in [3.63, 3.8) is 0 Å². The van der Waals surface area contributed by atoms with Crippen molar-refractivity contribution in [2.75, 3.05) is 11.5 Å². The second-order valence-corrected chi connectivity index (χ2v) is 5.81. The van der Waals surface area contributed by atoms with Gasteiger partial charge >= 0.3 is 0 Å². The van der Waals surface area contributed by atoms with Crippen LogP contribution in [0.3, 0.4) is 0 Å². The number of benzene rings is 2. The number of aromatic nitrogens is 1. The van der Waals surface area contributed by atoms with Gasteiger partial charge in [0.05, 0.1) is 10.9 Å². The standard InChI is InChI=1S/C21H14FN3O/c1-2-12-10-14(8-9-16(12)22)15-11-25-19(13-6-4-3-5-7-13)20-17(15)18(23)21(24)26-20/h1,3-11H,23-24H2. The zero-order chi connectivity index (χ0) is 18.3. The van der Waals surface area contributed by atoms with Crippen molar-refractivity contribution in [3.8, 4) is 34.7 Å². The first-order chi connectivity index (χ1) is 12.6. The molecular weight excluding hydrogens is 329 g/mol. The summed E-state index contributed by atoms with van der Waals surface area (Å²) in [4.78, 5) is 4.54. The number of hydrogen-bond acceptors (Lipinski definition) is 4. The molecule has 4 N–H and O–H groups in total. The van der Waals surface area contributed by atoms with E-state index in [0.717, 1.165) is 5.56 Å². The van der Waals surface area contributed by atoms with E-state index in [9.17, 15) is 4.39 Å². The van der Waals surface area contributed by atoms with Gasteiger partial charge in [0.25, 0.3) is 0 Å². The van der Waals surface area contributed by atoms with Gasteiger partial charge < -0.3 is 15.9 Å². The molecule has 5 heteroatoms. The van der Waals surface area contributed by atoms with Gasteiger partial charge in [0.2, 0.25) is 5.88 Å².